The smallest absolute Gasteiger partial charge is 0.253 e. The summed E-state index contributed by atoms with van der Waals surface area (Å²) in [6, 6.07) is 4.63. The lowest BCUT2D eigenvalue weighted by atomic mass is 9.98. The van der Waals surface area contributed by atoms with Crippen LogP contribution in [0.15, 0.2) is 18.2 Å². The fourth-order valence-electron chi connectivity index (χ4n) is 2.21. The van der Waals surface area contributed by atoms with Crippen molar-refractivity contribution in [2.24, 2.45) is 5.92 Å². The maximum atomic E-state index is 13.5. The van der Waals surface area contributed by atoms with Crippen LogP contribution in [0.1, 0.15) is 29.3 Å². The molecule has 2 rings (SSSR count). The van der Waals surface area contributed by atoms with Crippen LogP contribution in [0.2, 0.25) is 0 Å². The Kier molecular flexibility index (Phi) is 3.91. The second kappa shape index (κ2) is 5.27. The monoisotopic (exact) mass is 269 g/mol. The Morgan fingerprint density at radius 1 is 1.50 bits per heavy atom. The lowest BCUT2D eigenvalue weighted by molar-refractivity contribution is 0.0686. The third-order valence-corrected chi connectivity index (χ3v) is 4.15. The zero-order valence-corrected chi connectivity index (χ0v) is 11.4. The fraction of sp³-hybridized carbons (Fsp3) is 0.500. The van der Waals surface area contributed by atoms with E-state index in [0.29, 0.717) is 24.2 Å². The molecule has 1 aromatic carbocycles. The van der Waals surface area contributed by atoms with Gasteiger partial charge in [-0.3, -0.25) is 4.79 Å². The first-order chi connectivity index (χ1) is 8.49. The first kappa shape index (κ1) is 13.3. The van der Waals surface area contributed by atoms with Crippen LogP contribution in [-0.4, -0.2) is 29.3 Å². The van der Waals surface area contributed by atoms with E-state index in [4.69, 9.17) is 11.6 Å². The second-order valence-corrected chi connectivity index (χ2v) is 5.56. The first-order valence-electron chi connectivity index (χ1n) is 6.18. The van der Waals surface area contributed by atoms with Gasteiger partial charge in [-0.05, 0) is 37.0 Å². The molecule has 1 aliphatic rings. The number of rotatable bonds is 1. The van der Waals surface area contributed by atoms with Crippen molar-refractivity contribution >= 4 is 17.5 Å². The number of benzene rings is 1. The lowest BCUT2D eigenvalue weighted by Gasteiger charge is -2.34. The van der Waals surface area contributed by atoms with E-state index in [9.17, 15) is 9.18 Å². The Morgan fingerprint density at radius 2 is 2.22 bits per heavy atom. The molecule has 2 nitrogen and oxygen atoms in total. The summed E-state index contributed by atoms with van der Waals surface area (Å²) in [6.07, 6.45) is 0.794. The largest absolute Gasteiger partial charge is 0.338 e. The molecule has 1 aromatic rings. The number of halogens is 2. The van der Waals surface area contributed by atoms with Gasteiger partial charge in [0.05, 0.1) is 0 Å². The van der Waals surface area contributed by atoms with Crippen molar-refractivity contribution in [3.8, 4) is 0 Å². The average Bonchev–Trinajstić information content (AvgIpc) is 2.35. The predicted molar refractivity (Wildman–Crippen MR) is 70.5 cm³/mol. The van der Waals surface area contributed by atoms with E-state index in [2.05, 4.69) is 0 Å². The molecule has 2 atom stereocenters. The molecule has 1 saturated heterocycles. The number of hydrogen-bond acceptors (Lipinski definition) is 1. The molecule has 18 heavy (non-hydrogen) atoms. The maximum Gasteiger partial charge on any atom is 0.253 e. The topological polar surface area (TPSA) is 20.3 Å². The summed E-state index contributed by atoms with van der Waals surface area (Å²) < 4.78 is 13.5. The highest BCUT2D eigenvalue weighted by molar-refractivity contribution is 6.20. The van der Waals surface area contributed by atoms with Crippen LogP contribution in [0.25, 0.3) is 0 Å². The maximum absolute atomic E-state index is 13.5. The second-order valence-electron chi connectivity index (χ2n) is 5.00. The summed E-state index contributed by atoms with van der Waals surface area (Å²) in [4.78, 5) is 14.0. The molecule has 0 radical (unpaired) electrons. The van der Waals surface area contributed by atoms with Crippen LogP contribution in [0, 0.1) is 18.7 Å². The summed E-state index contributed by atoms with van der Waals surface area (Å²) in [6.45, 7) is 5.01. The molecule has 0 aromatic heterocycles. The van der Waals surface area contributed by atoms with Crippen molar-refractivity contribution in [2.75, 3.05) is 13.1 Å². The first-order valence-corrected chi connectivity index (χ1v) is 6.62. The Balaban J connectivity index is 2.14. The standard InChI is InChI=1S/C14H17ClFNO/c1-9-3-4-11(7-13(9)16)14(18)17-6-5-12(15)10(2)8-17/h3-4,7,10,12H,5-6,8H2,1-2H3. The highest BCUT2D eigenvalue weighted by Gasteiger charge is 2.27. The normalized spacial score (nSPS) is 24.1. The van der Waals surface area contributed by atoms with E-state index in [1.54, 1.807) is 24.0 Å². The van der Waals surface area contributed by atoms with Gasteiger partial charge < -0.3 is 4.90 Å². The highest BCUT2D eigenvalue weighted by atomic mass is 35.5. The third kappa shape index (κ3) is 2.66. The van der Waals surface area contributed by atoms with Gasteiger partial charge in [0.25, 0.3) is 5.91 Å². The van der Waals surface area contributed by atoms with Gasteiger partial charge in [0.1, 0.15) is 5.82 Å². The average molecular weight is 270 g/mol. The van der Waals surface area contributed by atoms with Gasteiger partial charge in [0.2, 0.25) is 0 Å². The van der Waals surface area contributed by atoms with E-state index in [-0.39, 0.29) is 23.0 Å². The Morgan fingerprint density at radius 3 is 2.83 bits per heavy atom. The van der Waals surface area contributed by atoms with Crippen LogP contribution in [-0.2, 0) is 0 Å². The van der Waals surface area contributed by atoms with Gasteiger partial charge in [0.15, 0.2) is 0 Å². The molecule has 1 aliphatic heterocycles. The zero-order chi connectivity index (χ0) is 13.3. The van der Waals surface area contributed by atoms with Crippen LogP contribution in [0.5, 0.6) is 0 Å². The van der Waals surface area contributed by atoms with E-state index in [1.807, 2.05) is 6.92 Å². The Labute approximate surface area is 112 Å². The lowest BCUT2D eigenvalue weighted by Crippen LogP contribution is -2.43. The van der Waals surface area contributed by atoms with Gasteiger partial charge in [-0.1, -0.05) is 13.0 Å². The number of likely N-dealkylation sites (tertiary alicyclic amines) is 1. The number of nitrogens with zero attached hydrogens (tertiary/aromatic N) is 1. The summed E-state index contributed by atoms with van der Waals surface area (Å²) in [5, 5.41) is 0.129. The number of amides is 1. The number of carbonyl (C=O) groups excluding carboxylic acids is 1. The van der Waals surface area contributed by atoms with Crippen molar-refractivity contribution in [3.05, 3.63) is 35.1 Å². The summed E-state index contributed by atoms with van der Waals surface area (Å²) >= 11 is 6.13. The van der Waals surface area contributed by atoms with Crippen LogP contribution < -0.4 is 0 Å². The number of piperidine rings is 1. The van der Waals surface area contributed by atoms with Gasteiger partial charge in [-0.15, -0.1) is 11.6 Å². The fourth-order valence-corrected chi connectivity index (χ4v) is 2.39. The number of carbonyl (C=O) groups is 1. The molecule has 0 N–H and O–H groups in total. The van der Waals surface area contributed by atoms with E-state index in [1.165, 1.54) is 6.07 Å². The molecule has 0 saturated carbocycles. The molecule has 0 bridgehead atoms. The summed E-state index contributed by atoms with van der Waals surface area (Å²) in [7, 11) is 0. The summed E-state index contributed by atoms with van der Waals surface area (Å²) in [5.74, 6) is -0.162. The number of alkyl halides is 1. The Hall–Kier alpha value is -1.09. The molecule has 0 aliphatic carbocycles. The van der Waals surface area contributed by atoms with Gasteiger partial charge >= 0.3 is 0 Å². The molecule has 4 heteroatoms. The van der Waals surface area contributed by atoms with Crippen LogP contribution >= 0.6 is 11.6 Å². The van der Waals surface area contributed by atoms with Gasteiger partial charge in [-0.25, -0.2) is 4.39 Å². The summed E-state index contributed by atoms with van der Waals surface area (Å²) in [5.41, 5.74) is 0.970. The van der Waals surface area contributed by atoms with Gasteiger partial charge in [0, 0.05) is 24.0 Å². The van der Waals surface area contributed by atoms with E-state index in [0.717, 1.165) is 6.42 Å². The highest BCUT2D eigenvalue weighted by Crippen LogP contribution is 2.23. The molecule has 98 valence electrons. The Bertz CT molecular complexity index is 463. The van der Waals surface area contributed by atoms with Crippen LogP contribution in [0.4, 0.5) is 4.39 Å². The minimum Gasteiger partial charge on any atom is -0.338 e. The van der Waals surface area contributed by atoms with E-state index >= 15 is 0 Å². The van der Waals surface area contributed by atoms with Crippen LogP contribution in [0.3, 0.4) is 0 Å². The number of aryl methyl sites for hydroxylation is 1. The van der Waals surface area contributed by atoms with Crippen molar-refractivity contribution in [1.29, 1.82) is 0 Å². The van der Waals surface area contributed by atoms with Crippen molar-refractivity contribution in [3.63, 3.8) is 0 Å². The minimum absolute atomic E-state index is 0.107. The molecule has 2 unspecified atom stereocenters. The molecule has 1 amide bonds. The zero-order valence-electron chi connectivity index (χ0n) is 10.6. The van der Waals surface area contributed by atoms with Crippen molar-refractivity contribution in [2.45, 2.75) is 25.6 Å². The van der Waals surface area contributed by atoms with Crippen molar-refractivity contribution in [1.82, 2.24) is 4.90 Å². The number of hydrogen-bond donors (Lipinski definition) is 0. The molecule has 1 heterocycles. The van der Waals surface area contributed by atoms with Gasteiger partial charge in [-0.2, -0.15) is 0 Å². The minimum atomic E-state index is -0.332. The molecular formula is C14H17ClFNO. The quantitative estimate of drug-likeness (QED) is 0.717. The third-order valence-electron chi connectivity index (χ3n) is 3.51. The molecular weight excluding hydrogens is 253 g/mol. The molecule has 0 spiro atoms. The predicted octanol–water partition coefficient (Wildman–Crippen LogP) is 3.22. The van der Waals surface area contributed by atoms with E-state index < -0.39 is 0 Å². The molecule has 1 fully saturated rings. The van der Waals surface area contributed by atoms with Crippen molar-refractivity contribution < 1.29 is 9.18 Å². The SMILES string of the molecule is Cc1ccc(C(=O)N2CCC(Cl)C(C)C2)cc1F.